The topological polar surface area (TPSA) is 72.9 Å². The Bertz CT molecular complexity index is 310. The predicted molar refractivity (Wildman–Crippen MR) is 73.2 cm³/mol. The average Bonchev–Trinajstić information content (AvgIpc) is 2.58. The summed E-state index contributed by atoms with van der Waals surface area (Å²) in [6, 6.07) is -1.02. The van der Waals surface area contributed by atoms with Gasteiger partial charge < -0.3 is 20.2 Å². The van der Waals surface area contributed by atoms with Gasteiger partial charge in [0.15, 0.2) is 0 Å². The number of carboxylic acid groups (broad SMARTS) is 1. The summed E-state index contributed by atoms with van der Waals surface area (Å²) >= 11 is 0. The highest BCUT2D eigenvalue weighted by Gasteiger charge is 2.23. The Morgan fingerprint density at radius 1 is 1.26 bits per heavy atom. The van der Waals surface area contributed by atoms with Crippen molar-refractivity contribution in [3.8, 4) is 0 Å². The molecule has 1 aliphatic rings. The van der Waals surface area contributed by atoms with Gasteiger partial charge in [-0.25, -0.2) is 9.59 Å². The van der Waals surface area contributed by atoms with Crippen LogP contribution in [0.5, 0.6) is 0 Å². The molecule has 0 aromatic rings. The average molecular weight is 271 g/mol. The van der Waals surface area contributed by atoms with Crippen LogP contribution in [-0.2, 0) is 4.79 Å². The summed E-state index contributed by atoms with van der Waals surface area (Å²) in [6.45, 7) is 5.16. The van der Waals surface area contributed by atoms with Crippen LogP contribution in [0.2, 0.25) is 0 Å². The van der Waals surface area contributed by atoms with Crippen molar-refractivity contribution >= 4 is 12.0 Å². The van der Waals surface area contributed by atoms with E-state index in [-0.39, 0.29) is 6.03 Å². The minimum atomic E-state index is -0.950. The third kappa shape index (κ3) is 5.46. The zero-order valence-electron chi connectivity index (χ0n) is 11.9. The van der Waals surface area contributed by atoms with Crippen LogP contribution in [0.4, 0.5) is 4.79 Å². The number of urea groups is 1. The van der Waals surface area contributed by atoms with Crippen molar-refractivity contribution in [2.45, 2.75) is 38.6 Å². The lowest BCUT2D eigenvalue weighted by Gasteiger charge is -2.23. The molecule has 19 heavy (non-hydrogen) atoms. The summed E-state index contributed by atoms with van der Waals surface area (Å²) in [5, 5.41) is 11.7. The number of carbonyl (C=O) groups excluding carboxylic acids is 1. The molecule has 1 saturated heterocycles. The van der Waals surface area contributed by atoms with E-state index in [0.717, 1.165) is 32.4 Å². The van der Waals surface area contributed by atoms with Gasteiger partial charge in [0.2, 0.25) is 0 Å². The van der Waals surface area contributed by atoms with Crippen LogP contribution in [0.25, 0.3) is 0 Å². The summed E-state index contributed by atoms with van der Waals surface area (Å²) < 4.78 is 0. The van der Waals surface area contributed by atoms with Crippen molar-refractivity contribution in [2.24, 2.45) is 0 Å². The van der Waals surface area contributed by atoms with Crippen molar-refractivity contribution in [1.82, 2.24) is 15.1 Å². The van der Waals surface area contributed by atoms with Gasteiger partial charge in [0.25, 0.3) is 0 Å². The molecule has 2 amide bonds. The molecule has 0 aliphatic carbocycles. The summed E-state index contributed by atoms with van der Waals surface area (Å²) in [4.78, 5) is 27.1. The van der Waals surface area contributed by atoms with E-state index in [4.69, 9.17) is 5.11 Å². The maximum Gasteiger partial charge on any atom is 0.326 e. The van der Waals surface area contributed by atoms with Crippen LogP contribution < -0.4 is 5.32 Å². The number of nitrogens with zero attached hydrogens (tertiary/aromatic N) is 2. The van der Waals surface area contributed by atoms with Gasteiger partial charge in [0.05, 0.1) is 0 Å². The highest BCUT2D eigenvalue weighted by atomic mass is 16.4. The Morgan fingerprint density at radius 3 is 2.63 bits per heavy atom. The molecule has 0 unspecified atom stereocenters. The number of hydrogen-bond donors (Lipinski definition) is 2. The van der Waals surface area contributed by atoms with Gasteiger partial charge in [-0.3, -0.25) is 0 Å². The fraction of sp³-hybridized carbons (Fsp3) is 0.846. The molecule has 110 valence electrons. The van der Waals surface area contributed by atoms with E-state index in [9.17, 15) is 9.59 Å². The van der Waals surface area contributed by atoms with Crippen molar-refractivity contribution < 1.29 is 14.7 Å². The first-order chi connectivity index (χ1) is 9.04. The molecule has 6 nitrogen and oxygen atoms in total. The molecule has 0 bridgehead atoms. The van der Waals surface area contributed by atoms with Crippen molar-refractivity contribution in [3.63, 3.8) is 0 Å². The first-order valence-corrected chi connectivity index (χ1v) is 7.01. The van der Waals surface area contributed by atoms with Crippen LogP contribution in [0.3, 0.4) is 0 Å². The maximum atomic E-state index is 12.1. The molecule has 1 aliphatic heterocycles. The number of likely N-dealkylation sites (N-methyl/N-ethyl adjacent to an activating group) is 1. The second kappa shape index (κ2) is 7.99. The maximum absolute atomic E-state index is 12.1. The van der Waals surface area contributed by atoms with Gasteiger partial charge in [-0.05, 0) is 26.4 Å². The van der Waals surface area contributed by atoms with Gasteiger partial charge in [-0.2, -0.15) is 0 Å². The van der Waals surface area contributed by atoms with Crippen LogP contribution in [0.15, 0.2) is 0 Å². The van der Waals surface area contributed by atoms with Gasteiger partial charge in [0.1, 0.15) is 6.04 Å². The van der Waals surface area contributed by atoms with Gasteiger partial charge in [0, 0.05) is 19.6 Å². The first-order valence-electron chi connectivity index (χ1n) is 7.01. The van der Waals surface area contributed by atoms with E-state index in [0.29, 0.717) is 19.5 Å². The smallest absolute Gasteiger partial charge is 0.326 e. The van der Waals surface area contributed by atoms with Crippen molar-refractivity contribution in [2.75, 3.05) is 33.2 Å². The molecule has 0 saturated carbocycles. The van der Waals surface area contributed by atoms with E-state index in [1.807, 2.05) is 14.0 Å². The fourth-order valence-corrected chi connectivity index (χ4v) is 2.16. The second-order valence-corrected chi connectivity index (χ2v) is 5.13. The van der Waals surface area contributed by atoms with Crippen LogP contribution >= 0.6 is 0 Å². The highest BCUT2D eigenvalue weighted by Crippen LogP contribution is 2.05. The van der Waals surface area contributed by atoms with Gasteiger partial charge in [-0.1, -0.05) is 19.8 Å². The Hall–Kier alpha value is -1.30. The first kappa shape index (κ1) is 15.8. The molecule has 1 rings (SSSR count). The van der Waals surface area contributed by atoms with E-state index in [1.165, 1.54) is 0 Å². The predicted octanol–water partition coefficient (Wildman–Crippen LogP) is 0.977. The van der Waals surface area contributed by atoms with E-state index in [2.05, 4.69) is 10.2 Å². The van der Waals surface area contributed by atoms with Crippen molar-refractivity contribution in [1.29, 1.82) is 0 Å². The minimum Gasteiger partial charge on any atom is -0.480 e. The van der Waals surface area contributed by atoms with E-state index >= 15 is 0 Å². The van der Waals surface area contributed by atoms with Crippen molar-refractivity contribution in [3.05, 3.63) is 0 Å². The minimum absolute atomic E-state index is 0.251. The Balaban J connectivity index is 2.48. The Morgan fingerprint density at radius 2 is 2.00 bits per heavy atom. The number of unbranched alkanes of at least 4 members (excludes halogenated alkanes) is 1. The molecule has 0 aromatic heterocycles. The molecule has 0 spiro atoms. The third-order valence-electron chi connectivity index (χ3n) is 3.45. The number of carbonyl (C=O) groups is 2. The number of aliphatic carboxylic acids is 1. The molecule has 1 heterocycles. The Labute approximate surface area is 114 Å². The molecule has 6 heteroatoms. The highest BCUT2D eigenvalue weighted by molar-refractivity contribution is 5.82. The monoisotopic (exact) mass is 271 g/mol. The molecular formula is C13H25N3O3. The summed E-state index contributed by atoms with van der Waals surface area (Å²) in [5.41, 5.74) is 0. The Kier molecular flexibility index (Phi) is 6.62. The largest absolute Gasteiger partial charge is 0.480 e. The third-order valence-corrected chi connectivity index (χ3v) is 3.45. The molecule has 2 N–H and O–H groups in total. The standard InChI is InChI=1S/C13H25N3O3/c1-3-4-6-11(12(17)18)14-13(19)16-8-5-7-15(2)9-10-16/h11H,3-10H2,1-2H3,(H,14,19)(H,17,18)/t11-/m0/s1. The normalized spacial score (nSPS) is 18.7. The SMILES string of the molecule is CCCC[C@H](NC(=O)N1CCCN(C)CC1)C(=O)O. The number of rotatable bonds is 5. The number of hydrogen-bond acceptors (Lipinski definition) is 3. The number of nitrogens with one attached hydrogen (secondary N) is 1. The lowest BCUT2D eigenvalue weighted by Crippen LogP contribution is -2.48. The zero-order chi connectivity index (χ0) is 14.3. The van der Waals surface area contributed by atoms with Crippen LogP contribution in [-0.4, -0.2) is 66.2 Å². The number of amides is 2. The molecule has 0 aromatic carbocycles. The molecule has 0 radical (unpaired) electrons. The summed E-state index contributed by atoms with van der Waals surface area (Å²) in [5.74, 6) is -0.950. The zero-order valence-corrected chi connectivity index (χ0v) is 11.9. The van der Waals surface area contributed by atoms with E-state index < -0.39 is 12.0 Å². The summed E-state index contributed by atoms with van der Waals surface area (Å²) in [6.07, 6.45) is 3.15. The van der Waals surface area contributed by atoms with Gasteiger partial charge in [-0.15, -0.1) is 0 Å². The summed E-state index contributed by atoms with van der Waals surface area (Å²) in [7, 11) is 2.03. The molecule has 1 fully saturated rings. The molecule has 1 atom stereocenters. The van der Waals surface area contributed by atoms with Crippen LogP contribution in [0.1, 0.15) is 32.6 Å². The fourth-order valence-electron chi connectivity index (χ4n) is 2.16. The van der Waals surface area contributed by atoms with Gasteiger partial charge >= 0.3 is 12.0 Å². The van der Waals surface area contributed by atoms with Crippen LogP contribution in [0, 0.1) is 0 Å². The lowest BCUT2D eigenvalue weighted by atomic mass is 10.1. The second-order valence-electron chi connectivity index (χ2n) is 5.13. The number of carboxylic acids is 1. The quantitative estimate of drug-likeness (QED) is 0.781. The van der Waals surface area contributed by atoms with E-state index in [1.54, 1.807) is 4.90 Å². The lowest BCUT2D eigenvalue weighted by molar-refractivity contribution is -0.139. The molecular weight excluding hydrogens is 246 g/mol.